The van der Waals surface area contributed by atoms with Crippen LogP contribution in [0.15, 0.2) is 46.1 Å². The fraction of sp³-hybridized carbons (Fsp3) is 0.389. The topological polar surface area (TPSA) is 39.7 Å². The number of benzene rings is 1. The minimum atomic E-state index is 0. The number of aliphatic imine (C=N–C) groups is 1. The molecule has 0 unspecified atom stereocenters. The van der Waals surface area contributed by atoms with Crippen LogP contribution in [0.1, 0.15) is 23.6 Å². The van der Waals surface area contributed by atoms with Crippen LogP contribution >= 0.6 is 35.3 Å². The molecule has 24 heavy (non-hydrogen) atoms. The van der Waals surface area contributed by atoms with Crippen LogP contribution in [0.25, 0.3) is 0 Å². The third kappa shape index (κ3) is 7.63. The Morgan fingerprint density at radius 2 is 1.75 bits per heavy atom. The largest absolute Gasteiger partial charge is 0.357 e. The molecule has 132 valence electrons. The maximum atomic E-state index is 4.62. The summed E-state index contributed by atoms with van der Waals surface area (Å²) in [6, 6.07) is 10.8. The van der Waals surface area contributed by atoms with E-state index in [9.17, 15) is 0 Å². The Morgan fingerprint density at radius 3 is 2.33 bits per heavy atom. The van der Waals surface area contributed by atoms with Gasteiger partial charge in [0.15, 0.2) is 5.96 Å². The number of hydrogen-bond donors (Lipinski definition) is 2. The van der Waals surface area contributed by atoms with Crippen molar-refractivity contribution in [3.05, 3.63) is 57.8 Å². The zero-order chi connectivity index (χ0) is 16.5. The van der Waals surface area contributed by atoms with Gasteiger partial charge in [0.1, 0.15) is 0 Å². The van der Waals surface area contributed by atoms with Crippen molar-refractivity contribution in [1.29, 1.82) is 0 Å². The number of hydrogen-bond acceptors (Lipinski definition) is 3. The summed E-state index contributed by atoms with van der Waals surface area (Å²) in [6.45, 7) is 5.39. The normalized spacial score (nSPS) is 11.2. The minimum absolute atomic E-state index is 0. The second-order valence-corrected chi connectivity index (χ2v) is 6.51. The Bertz CT molecular complexity index is 594. The number of rotatable bonds is 7. The molecule has 0 fully saturated rings. The van der Waals surface area contributed by atoms with Gasteiger partial charge in [-0.1, -0.05) is 24.3 Å². The van der Waals surface area contributed by atoms with Crippen LogP contribution in [-0.2, 0) is 19.6 Å². The van der Waals surface area contributed by atoms with Gasteiger partial charge in [0.25, 0.3) is 0 Å². The SMILES string of the molecule is CCNC(=NCc1ccsc1)NCc1ccc(CN(C)C)cc1.I. The average Bonchev–Trinajstić information content (AvgIpc) is 3.04. The molecule has 1 aromatic heterocycles. The summed E-state index contributed by atoms with van der Waals surface area (Å²) in [7, 11) is 4.17. The first kappa shape index (κ1) is 20.9. The van der Waals surface area contributed by atoms with E-state index in [1.165, 1.54) is 16.7 Å². The van der Waals surface area contributed by atoms with E-state index in [0.717, 1.165) is 25.6 Å². The Hall–Kier alpha value is -1.12. The van der Waals surface area contributed by atoms with E-state index in [4.69, 9.17) is 0 Å². The number of nitrogens with one attached hydrogen (secondary N) is 2. The van der Waals surface area contributed by atoms with Crippen LogP contribution in [0.5, 0.6) is 0 Å². The molecule has 4 nitrogen and oxygen atoms in total. The zero-order valence-electron chi connectivity index (χ0n) is 14.6. The third-order valence-corrected chi connectivity index (χ3v) is 4.06. The monoisotopic (exact) mass is 458 g/mol. The fourth-order valence-corrected chi connectivity index (χ4v) is 2.87. The van der Waals surface area contributed by atoms with E-state index in [0.29, 0.717) is 6.54 Å². The van der Waals surface area contributed by atoms with Gasteiger partial charge in [0, 0.05) is 19.6 Å². The third-order valence-electron chi connectivity index (χ3n) is 3.33. The highest BCUT2D eigenvalue weighted by molar-refractivity contribution is 14.0. The van der Waals surface area contributed by atoms with Crippen molar-refractivity contribution in [2.45, 2.75) is 26.6 Å². The Balaban J connectivity index is 0.00000288. The molecule has 0 amide bonds. The summed E-state index contributed by atoms with van der Waals surface area (Å²) in [4.78, 5) is 6.80. The molecule has 0 saturated carbocycles. The Labute approximate surface area is 166 Å². The van der Waals surface area contributed by atoms with Crippen molar-refractivity contribution >= 4 is 41.3 Å². The molecule has 2 N–H and O–H groups in total. The fourth-order valence-electron chi connectivity index (χ4n) is 2.21. The summed E-state index contributed by atoms with van der Waals surface area (Å²) >= 11 is 1.71. The lowest BCUT2D eigenvalue weighted by Gasteiger charge is -2.12. The first-order valence-electron chi connectivity index (χ1n) is 7.93. The zero-order valence-corrected chi connectivity index (χ0v) is 17.7. The van der Waals surface area contributed by atoms with Crippen molar-refractivity contribution in [3.63, 3.8) is 0 Å². The number of nitrogens with zero attached hydrogens (tertiary/aromatic N) is 2. The van der Waals surface area contributed by atoms with Crippen LogP contribution in [0.4, 0.5) is 0 Å². The summed E-state index contributed by atoms with van der Waals surface area (Å²) in [5.74, 6) is 0.857. The molecule has 0 aliphatic rings. The average molecular weight is 458 g/mol. The van der Waals surface area contributed by atoms with Crippen molar-refractivity contribution in [1.82, 2.24) is 15.5 Å². The lowest BCUT2D eigenvalue weighted by atomic mass is 10.1. The van der Waals surface area contributed by atoms with Crippen molar-refractivity contribution < 1.29 is 0 Å². The molecule has 0 atom stereocenters. The van der Waals surface area contributed by atoms with Gasteiger partial charge in [-0.3, -0.25) is 0 Å². The second-order valence-electron chi connectivity index (χ2n) is 5.73. The quantitative estimate of drug-likeness (QED) is 0.378. The van der Waals surface area contributed by atoms with Crippen LogP contribution < -0.4 is 10.6 Å². The van der Waals surface area contributed by atoms with E-state index in [2.05, 4.69) is 82.6 Å². The molecule has 2 aromatic rings. The second kappa shape index (κ2) is 11.4. The molecule has 2 rings (SSSR count). The van der Waals surface area contributed by atoms with Gasteiger partial charge in [-0.15, -0.1) is 24.0 Å². The number of guanidine groups is 1. The molecule has 0 spiro atoms. The molecule has 1 aromatic carbocycles. The first-order valence-corrected chi connectivity index (χ1v) is 8.87. The maximum Gasteiger partial charge on any atom is 0.191 e. The molecule has 0 aliphatic carbocycles. The van der Waals surface area contributed by atoms with Crippen LogP contribution in [-0.4, -0.2) is 31.5 Å². The Morgan fingerprint density at radius 1 is 1.04 bits per heavy atom. The molecule has 0 aliphatic heterocycles. The van der Waals surface area contributed by atoms with E-state index < -0.39 is 0 Å². The number of halogens is 1. The summed E-state index contributed by atoms with van der Waals surface area (Å²) in [6.07, 6.45) is 0. The maximum absolute atomic E-state index is 4.62. The van der Waals surface area contributed by atoms with Crippen molar-refractivity contribution in [2.24, 2.45) is 4.99 Å². The van der Waals surface area contributed by atoms with Crippen LogP contribution in [0.2, 0.25) is 0 Å². The smallest absolute Gasteiger partial charge is 0.191 e. The highest BCUT2D eigenvalue weighted by Gasteiger charge is 2.00. The van der Waals surface area contributed by atoms with Gasteiger partial charge in [-0.2, -0.15) is 11.3 Å². The predicted molar refractivity (Wildman–Crippen MR) is 115 cm³/mol. The predicted octanol–water partition coefficient (Wildman–Crippen LogP) is 3.68. The molecule has 0 bridgehead atoms. The standard InChI is InChI=1S/C18H26N4S.HI/c1-4-19-18(21-12-17-9-10-23-14-17)20-11-15-5-7-16(8-6-15)13-22(2)3;/h5-10,14H,4,11-13H2,1-3H3,(H2,19,20,21);1H. The van der Waals surface area contributed by atoms with Crippen LogP contribution in [0.3, 0.4) is 0 Å². The highest BCUT2D eigenvalue weighted by atomic mass is 127. The molecule has 1 heterocycles. The van der Waals surface area contributed by atoms with Gasteiger partial charge in [-0.25, -0.2) is 4.99 Å². The van der Waals surface area contributed by atoms with Gasteiger partial charge in [0.05, 0.1) is 6.54 Å². The molecule has 0 saturated heterocycles. The first-order chi connectivity index (χ1) is 11.2. The highest BCUT2D eigenvalue weighted by Crippen LogP contribution is 2.07. The Kier molecular flexibility index (Phi) is 9.97. The van der Waals surface area contributed by atoms with E-state index >= 15 is 0 Å². The van der Waals surface area contributed by atoms with Gasteiger partial charge in [0.2, 0.25) is 0 Å². The van der Waals surface area contributed by atoms with Gasteiger partial charge >= 0.3 is 0 Å². The lowest BCUT2D eigenvalue weighted by molar-refractivity contribution is 0.402. The summed E-state index contributed by atoms with van der Waals surface area (Å²) < 4.78 is 0. The molecule has 0 radical (unpaired) electrons. The molecular formula is C18H27IN4S. The van der Waals surface area contributed by atoms with Gasteiger partial charge in [-0.05, 0) is 54.5 Å². The van der Waals surface area contributed by atoms with Crippen LogP contribution in [0, 0.1) is 0 Å². The van der Waals surface area contributed by atoms with Gasteiger partial charge < -0.3 is 15.5 Å². The van der Waals surface area contributed by atoms with Crippen molar-refractivity contribution in [2.75, 3.05) is 20.6 Å². The van der Waals surface area contributed by atoms with E-state index in [-0.39, 0.29) is 24.0 Å². The van der Waals surface area contributed by atoms with E-state index in [1.807, 2.05) is 0 Å². The number of thiophene rings is 1. The van der Waals surface area contributed by atoms with Crippen molar-refractivity contribution in [3.8, 4) is 0 Å². The minimum Gasteiger partial charge on any atom is -0.357 e. The van der Waals surface area contributed by atoms with E-state index in [1.54, 1.807) is 11.3 Å². The molecular weight excluding hydrogens is 431 g/mol. The summed E-state index contributed by atoms with van der Waals surface area (Å²) in [5.41, 5.74) is 3.84. The summed E-state index contributed by atoms with van der Waals surface area (Å²) in [5, 5.41) is 10.9. The molecule has 6 heteroatoms. The lowest BCUT2D eigenvalue weighted by Crippen LogP contribution is -2.36.